The summed E-state index contributed by atoms with van der Waals surface area (Å²) in [7, 11) is 0. The van der Waals surface area contributed by atoms with Crippen molar-refractivity contribution in [1.29, 1.82) is 0 Å². The maximum absolute atomic E-state index is 12.3. The largest absolute Gasteiger partial charge is 0.481 e. The van der Waals surface area contributed by atoms with Crippen LogP contribution in [0.15, 0.2) is 24.3 Å². The van der Waals surface area contributed by atoms with E-state index in [2.05, 4.69) is 30.6 Å². The van der Waals surface area contributed by atoms with Crippen LogP contribution in [-0.4, -0.2) is 54.0 Å². The number of hydrogen-bond donors (Lipinski definition) is 7. The van der Waals surface area contributed by atoms with Gasteiger partial charge in [0.05, 0.1) is 6.54 Å². The molecule has 31 heavy (non-hydrogen) atoms. The summed E-state index contributed by atoms with van der Waals surface area (Å²) >= 11 is 0. The topological polar surface area (TPSA) is 222 Å². The molecule has 1 aromatic carbocycles. The highest BCUT2D eigenvalue weighted by molar-refractivity contribution is 5.97. The zero-order valence-corrected chi connectivity index (χ0v) is 16.1. The van der Waals surface area contributed by atoms with E-state index in [1.807, 2.05) is 0 Å². The number of H-pyrrole nitrogens is 1. The van der Waals surface area contributed by atoms with Crippen molar-refractivity contribution in [3.05, 3.63) is 35.7 Å². The number of aromatic amines is 1. The highest BCUT2D eigenvalue weighted by atomic mass is 16.4. The van der Waals surface area contributed by atoms with Crippen LogP contribution < -0.4 is 22.1 Å². The number of amides is 1. The van der Waals surface area contributed by atoms with Crippen LogP contribution in [0.4, 0.5) is 17.5 Å². The highest BCUT2D eigenvalue weighted by Crippen LogP contribution is 2.17. The van der Waals surface area contributed by atoms with Gasteiger partial charge in [-0.15, -0.1) is 0 Å². The van der Waals surface area contributed by atoms with E-state index in [9.17, 15) is 14.4 Å². The lowest BCUT2D eigenvalue weighted by Crippen LogP contribution is -2.41. The van der Waals surface area contributed by atoms with Crippen molar-refractivity contribution in [3.8, 4) is 0 Å². The maximum atomic E-state index is 12.3. The second-order valence-corrected chi connectivity index (χ2v) is 6.58. The standard InChI is InChI=1S/C18H20N8O5/c19-14-13-15(26-18(20)25-14)24-11(23-13)7-21-9-3-1-8(2-4-9)16(29)22-10(17(30)31)5-6-12(27)28/h1-4,10,21H,5-7H2,(H,22,29)(H,27,28)(H,30,31)(H5,19,20,23,24,25,26)/t10-/m1/s1. The Morgan fingerprint density at radius 1 is 1.06 bits per heavy atom. The molecule has 0 aliphatic carbocycles. The number of fused-ring (bicyclic) bond motifs is 1. The third kappa shape index (κ3) is 5.35. The zero-order valence-electron chi connectivity index (χ0n) is 16.1. The molecule has 0 bridgehead atoms. The minimum atomic E-state index is -1.30. The first-order valence-corrected chi connectivity index (χ1v) is 9.10. The third-order valence-electron chi connectivity index (χ3n) is 4.30. The van der Waals surface area contributed by atoms with Crippen LogP contribution in [0, 0.1) is 0 Å². The lowest BCUT2D eigenvalue weighted by molar-refractivity contribution is -0.140. The van der Waals surface area contributed by atoms with E-state index in [1.54, 1.807) is 12.1 Å². The highest BCUT2D eigenvalue weighted by Gasteiger charge is 2.21. The summed E-state index contributed by atoms with van der Waals surface area (Å²) in [6, 6.07) is 5.00. The molecule has 3 rings (SSSR count). The Balaban J connectivity index is 1.60. The van der Waals surface area contributed by atoms with Gasteiger partial charge < -0.3 is 37.3 Å². The molecule has 0 aliphatic heterocycles. The molecule has 13 nitrogen and oxygen atoms in total. The fraction of sp³-hybridized carbons (Fsp3) is 0.222. The van der Waals surface area contributed by atoms with Crippen molar-refractivity contribution in [2.24, 2.45) is 0 Å². The lowest BCUT2D eigenvalue weighted by atomic mass is 10.1. The normalized spacial score (nSPS) is 11.7. The Labute approximate surface area is 174 Å². The van der Waals surface area contributed by atoms with E-state index in [1.165, 1.54) is 12.1 Å². The number of nitrogens with zero attached hydrogens (tertiary/aromatic N) is 3. The van der Waals surface area contributed by atoms with Gasteiger partial charge in [0.2, 0.25) is 5.95 Å². The molecule has 1 amide bonds. The van der Waals surface area contributed by atoms with E-state index < -0.39 is 23.9 Å². The average Bonchev–Trinajstić information content (AvgIpc) is 3.12. The van der Waals surface area contributed by atoms with Crippen LogP contribution in [0.25, 0.3) is 11.2 Å². The summed E-state index contributed by atoms with van der Waals surface area (Å²) < 4.78 is 0. The van der Waals surface area contributed by atoms with E-state index >= 15 is 0 Å². The van der Waals surface area contributed by atoms with E-state index in [-0.39, 0.29) is 30.2 Å². The van der Waals surface area contributed by atoms with Crippen molar-refractivity contribution in [1.82, 2.24) is 25.3 Å². The first-order chi connectivity index (χ1) is 14.7. The number of nitrogen functional groups attached to an aromatic ring is 2. The summed E-state index contributed by atoms with van der Waals surface area (Å²) in [6.07, 6.45) is -0.584. The van der Waals surface area contributed by atoms with E-state index in [0.717, 1.165) is 0 Å². The minimum Gasteiger partial charge on any atom is -0.481 e. The second kappa shape index (κ2) is 8.94. The molecule has 0 saturated heterocycles. The first-order valence-electron chi connectivity index (χ1n) is 9.10. The number of aliphatic carboxylic acids is 2. The molecule has 0 radical (unpaired) electrons. The molecule has 2 heterocycles. The van der Waals surface area contributed by atoms with Crippen LogP contribution in [0.1, 0.15) is 29.0 Å². The molecule has 0 saturated carbocycles. The summed E-state index contributed by atoms with van der Waals surface area (Å²) in [4.78, 5) is 49.2. The van der Waals surface area contributed by atoms with Gasteiger partial charge in [0.25, 0.3) is 5.91 Å². The van der Waals surface area contributed by atoms with Gasteiger partial charge in [0.1, 0.15) is 17.4 Å². The zero-order chi connectivity index (χ0) is 22.5. The summed E-state index contributed by atoms with van der Waals surface area (Å²) in [5, 5.41) is 23.3. The maximum Gasteiger partial charge on any atom is 0.326 e. The number of hydrogen-bond acceptors (Lipinski definition) is 9. The molecule has 162 valence electrons. The molecule has 0 unspecified atom stereocenters. The lowest BCUT2D eigenvalue weighted by Gasteiger charge is -2.14. The molecular formula is C18H20N8O5. The van der Waals surface area contributed by atoms with Gasteiger partial charge in [-0.2, -0.15) is 9.97 Å². The average molecular weight is 428 g/mol. The van der Waals surface area contributed by atoms with Crippen molar-refractivity contribution in [2.75, 3.05) is 16.8 Å². The Morgan fingerprint density at radius 2 is 1.77 bits per heavy atom. The third-order valence-corrected chi connectivity index (χ3v) is 4.30. The summed E-state index contributed by atoms with van der Waals surface area (Å²) in [5.74, 6) is -2.29. The van der Waals surface area contributed by atoms with Gasteiger partial charge in [-0.05, 0) is 30.7 Å². The van der Waals surface area contributed by atoms with Crippen molar-refractivity contribution >= 4 is 46.5 Å². The number of anilines is 3. The first kappa shape index (κ1) is 21.3. The molecule has 1 atom stereocenters. The number of carboxylic acid groups (broad SMARTS) is 2. The number of carbonyl (C=O) groups is 3. The predicted octanol–water partition coefficient (Wildman–Crippen LogP) is 0.177. The molecule has 0 aliphatic rings. The molecule has 3 aromatic rings. The molecule has 0 fully saturated rings. The fourth-order valence-corrected chi connectivity index (χ4v) is 2.76. The van der Waals surface area contributed by atoms with Gasteiger partial charge >= 0.3 is 11.9 Å². The minimum absolute atomic E-state index is 0.0259. The number of aromatic nitrogens is 4. The van der Waals surface area contributed by atoms with Gasteiger partial charge in [-0.3, -0.25) is 9.59 Å². The van der Waals surface area contributed by atoms with Crippen LogP contribution in [0.5, 0.6) is 0 Å². The number of nitrogens with one attached hydrogen (secondary N) is 3. The SMILES string of the molecule is Nc1nc(N)c2[nH]c(CNc3ccc(C(=O)N[C@H](CCC(=O)O)C(=O)O)cc3)nc2n1. The predicted molar refractivity (Wildman–Crippen MR) is 110 cm³/mol. The number of nitrogens with two attached hydrogens (primary N) is 2. The van der Waals surface area contributed by atoms with Gasteiger partial charge in [-0.1, -0.05) is 0 Å². The summed E-state index contributed by atoms with van der Waals surface area (Å²) in [5.41, 5.74) is 13.1. The van der Waals surface area contributed by atoms with Crippen molar-refractivity contribution in [2.45, 2.75) is 25.4 Å². The van der Waals surface area contributed by atoms with Crippen molar-refractivity contribution < 1.29 is 24.6 Å². The van der Waals surface area contributed by atoms with E-state index in [0.29, 0.717) is 29.2 Å². The van der Waals surface area contributed by atoms with E-state index in [4.69, 9.17) is 21.7 Å². The van der Waals surface area contributed by atoms with Gasteiger partial charge in [0, 0.05) is 17.7 Å². The number of carboxylic acids is 2. The van der Waals surface area contributed by atoms with Gasteiger partial charge in [-0.25, -0.2) is 9.78 Å². The van der Waals surface area contributed by atoms with Crippen LogP contribution in [0.2, 0.25) is 0 Å². The summed E-state index contributed by atoms with van der Waals surface area (Å²) in [6.45, 7) is 0.303. The molecule has 9 N–H and O–H groups in total. The number of benzene rings is 1. The quantitative estimate of drug-likeness (QED) is 0.243. The molecule has 2 aromatic heterocycles. The van der Waals surface area contributed by atoms with Crippen LogP contribution in [-0.2, 0) is 16.1 Å². The van der Waals surface area contributed by atoms with Crippen LogP contribution in [0.3, 0.4) is 0 Å². The molecule has 0 spiro atoms. The number of imidazole rings is 1. The monoisotopic (exact) mass is 428 g/mol. The van der Waals surface area contributed by atoms with Gasteiger partial charge in [0.15, 0.2) is 11.5 Å². The molecular weight excluding hydrogens is 408 g/mol. The number of rotatable bonds is 9. The van der Waals surface area contributed by atoms with Crippen LogP contribution >= 0.6 is 0 Å². The second-order valence-electron chi connectivity index (χ2n) is 6.58. The Kier molecular flexibility index (Phi) is 6.14. The Bertz CT molecular complexity index is 1130. The van der Waals surface area contributed by atoms with Crippen molar-refractivity contribution in [3.63, 3.8) is 0 Å². The number of carbonyl (C=O) groups excluding carboxylic acids is 1. The fourth-order valence-electron chi connectivity index (χ4n) is 2.76. The smallest absolute Gasteiger partial charge is 0.326 e. The molecule has 13 heteroatoms. The Morgan fingerprint density at radius 3 is 2.42 bits per heavy atom. The Hall–Kier alpha value is -4.42.